The third-order valence-electron chi connectivity index (χ3n) is 2.86. The van der Waals surface area contributed by atoms with Gasteiger partial charge in [0.05, 0.1) is 12.2 Å². The minimum Gasteiger partial charge on any atom is -0.334 e. The summed E-state index contributed by atoms with van der Waals surface area (Å²) in [4.78, 5) is 36.6. The van der Waals surface area contributed by atoms with Crippen LogP contribution in [0.3, 0.4) is 0 Å². The lowest BCUT2D eigenvalue weighted by Gasteiger charge is -2.23. The van der Waals surface area contributed by atoms with Gasteiger partial charge >= 0.3 is 11.1 Å². The quantitative estimate of drug-likeness (QED) is 0.764. The molecule has 0 fully saturated rings. The van der Waals surface area contributed by atoms with Crippen molar-refractivity contribution in [3.63, 3.8) is 0 Å². The van der Waals surface area contributed by atoms with Crippen molar-refractivity contribution in [2.24, 2.45) is 0 Å². The zero-order chi connectivity index (χ0) is 12.9. The van der Waals surface area contributed by atoms with Crippen molar-refractivity contribution < 1.29 is 4.79 Å². The standard InChI is InChI=1S/C12H10N2O3S/c1-7(15)6-13-8-4-2-3-5-9(8)18-12(13)14-10(16)11(14)17/h2-5,12H,6H2,1H3. The summed E-state index contributed by atoms with van der Waals surface area (Å²) in [6.07, 6.45) is 0. The van der Waals surface area contributed by atoms with E-state index in [1.807, 2.05) is 24.3 Å². The third-order valence-corrected chi connectivity index (χ3v) is 4.13. The van der Waals surface area contributed by atoms with E-state index in [-0.39, 0.29) is 12.3 Å². The van der Waals surface area contributed by atoms with Crippen molar-refractivity contribution in [1.29, 1.82) is 0 Å². The number of carbonyl (C=O) groups excluding carboxylic acids is 1. The number of rotatable bonds is 3. The molecule has 0 spiro atoms. The second kappa shape index (κ2) is 3.84. The van der Waals surface area contributed by atoms with Crippen LogP contribution in [-0.2, 0) is 4.79 Å². The van der Waals surface area contributed by atoms with Crippen LogP contribution < -0.4 is 16.0 Å². The molecule has 1 unspecified atom stereocenters. The molecule has 0 aliphatic carbocycles. The number of para-hydroxylation sites is 1. The first kappa shape index (κ1) is 11.3. The predicted octanol–water partition coefficient (Wildman–Crippen LogP) is 0.741. The van der Waals surface area contributed by atoms with Gasteiger partial charge in [-0.3, -0.25) is 14.4 Å². The fraction of sp³-hybridized carbons (Fsp3) is 0.250. The van der Waals surface area contributed by atoms with Crippen LogP contribution in [0.15, 0.2) is 38.8 Å². The van der Waals surface area contributed by atoms with Gasteiger partial charge in [0.1, 0.15) is 5.78 Å². The molecule has 1 aliphatic heterocycles. The average Bonchev–Trinajstić information content (AvgIpc) is 2.78. The van der Waals surface area contributed by atoms with Crippen LogP contribution in [0, 0.1) is 0 Å². The summed E-state index contributed by atoms with van der Waals surface area (Å²) in [7, 11) is 0. The second-order valence-corrected chi connectivity index (χ2v) is 5.32. The number of thioether (sulfide) groups is 1. The Balaban J connectivity index is 2.02. The van der Waals surface area contributed by atoms with Crippen LogP contribution in [0.25, 0.3) is 0 Å². The highest BCUT2D eigenvalue weighted by Crippen LogP contribution is 2.47. The minimum atomic E-state index is -0.478. The Kier molecular flexibility index (Phi) is 2.41. The van der Waals surface area contributed by atoms with E-state index in [9.17, 15) is 14.4 Å². The average molecular weight is 262 g/mol. The van der Waals surface area contributed by atoms with Gasteiger partial charge in [-0.25, -0.2) is 4.57 Å². The van der Waals surface area contributed by atoms with Crippen molar-refractivity contribution in [2.45, 2.75) is 17.3 Å². The number of aromatic nitrogens is 1. The fourth-order valence-corrected chi connectivity index (χ4v) is 3.33. The van der Waals surface area contributed by atoms with Crippen LogP contribution in [0.1, 0.15) is 12.4 Å². The summed E-state index contributed by atoms with van der Waals surface area (Å²) in [6, 6.07) is 7.59. The summed E-state index contributed by atoms with van der Waals surface area (Å²) >= 11 is 1.42. The number of hydrogen-bond donors (Lipinski definition) is 0. The molecule has 2 aromatic rings. The van der Waals surface area contributed by atoms with Gasteiger partial charge in [-0.1, -0.05) is 23.9 Å². The van der Waals surface area contributed by atoms with E-state index in [0.29, 0.717) is 0 Å². The summed E-state index contributed by atoms with van der Waals surface area (Å²) in [5.41, 5.74) is -0.468. The SMILES string of the molecule is CC(=O)CN1c2ccccc2SC1n1c(=O)c1=O. The normalized spacial score (nSPS) is 18.3. The van der Waals surface area contributed by atoms with Gasteiger partial charge in [-0.05, 0) is 19.1 Å². The summed E-state index contributed by atoms with van der Waals surface area (Å²) in [5, 5.41) is 0. The van der Waals surface area contributed by atoms with Gasteiger partial charge in [0.15, 0.2) is 5.50 Å². The Morgan fingerprint density at radius 1 is 1.28 bits per heavy atom. The van der Waals surface area contributed by atoms with E-state index in [1.165, 1.54) is 23.3 Å². The van der Waals surface area contributed by atoms with Gasteiger partial charge in [0, 0.05) is 4.90 Å². The van der Waals surface area contributed by atoms with E-state index >= 15 is 0 Å². The molecule has 0 radical (unpaired) electrons. The zero-order valence-corrected chi connectivity index (χ0v) is 10.4. The highest BCUT2D eigenvalue weighted by Gasteiger charge is 2.37. The number of hydrogen-bond acceptors (Lipinski definition) is 5. The van der Waals surface area contributed by atoms with E-state index in [1.54, 1.807) is 4.90 Å². The number of Topliss-reactive ketones (excluding diaryl/α,β-unsaturated/α-hetero) is 1. The van der Waals surface area contributed by atoms with Crippen molar-refractivity contribution in [3.05, 3.63) is 45.0 Å². The molecule has 1 aromatic carbocycles. The lowest BCUT2D eigenvalue weighted by Crippen LogP contribution is -2.31. The molecular formula is C12H10N2O3S. The molecule has 0 N–H and O–H groups in total. The Morgan fingerprint density at radius 2 is 1.94 bits per heavy atom. The zero-order valence-electron chi connectivity index (χ0n) is 9.62. The Morgan fingerprint density at radius 3 is 2.56 bits per heavy atom. The van der Waals surface area contributed by atoms with E-state index in [4.69, 9.17) is 0 Å². The van der Waals surface area contributed by atoms with Gasteiger partial charge in [0.2, 0.25) is 0 Å². The van der Waals surface area contributed by atoms with Crippen LogP contribution >= 0.6 is 11.8 Å². The van der Waals surface area contributed by atoms with Crippen molar-refractivity contribution in [3.8, 4) is 0 Å². The molecule has 0 bridgehead atoms. The first-order valence-corrected chi connectivity index (χ1v) is 6.37. The van der Waals surface area contributed by atoms with Gasteiger partial charge in [-0.15, -0.1) is 0 Å². The van der Waals surface area contributed by atoms with Gasteiger partial charge < -0.3 is 4.90 Å². The Bertz CT molecular complexity index is 674. The monoisotopic (exact) mass is 262 g/mol. The van der Waals surface area contributed by atoms with Crippen LogP contribution in [0.4, 0.5) is 5.69 Å². The number of nitrogens with zero attached hydrogens (tertiary/aromatic N) is 2. The van der Waals surface area contributed by atoms with Gasteiger partial charge in [-0.2, -0.15) is 0 Å². The number of ketones is 1. The number of fused-ring (bicyclic) bond motifs is 1. The topological polar surface area (TPSA) is 59.4 Å². The second-order valence-electron chi connectivity index (χ2n) is 4.22. The fourth-order valence-electron chi connectivity index (χ4n) is 2.03. The molecule has 1 aromatic heterocycles. The maximum Gasteiger partial charge on any atom is 0.322 e. The predicted molar refractivity (Wildman–Crippen MR) is 68.7 cm³/mol. The number of benzene rings is 1. The van der Waals surface area contributed by atoms with E-state index in [0.717, 1.165) is 10.6 Å². The lowest BCUT2D eigenvalue weighted by atomic mass is 10.3. The highest BCUT2D eigenvalue weighted by atomic mass is 32.2. The maximum absolute atomic E-state index is 11.3. The molecule has 0 saturated carbocycles. The van der Waals surface area contributed by atoms with Crippen molar-refractivity contribution in [1.82, 2.24) is 4.57 Å². The van der Waals surface area contributed by atoms with E-state index < -0.39 is 16.6 Å². The first-order chi connectivity index (χ1) is 8.59. The number of anilines is 1. The molecular weight excluding hydrogens is 252 g/mol. The van der Waals surface area contributed by atoms with E-state index in [2.05, 4.69) is 0 Å². The lowest BCUT2D eigenvalue weighted by molar-refractivity contribution is -0.115. The van der Waals surface area contributed by atoms with Crippen molar-refractivity contribution in [2.75, 3.05) is 11.4 Å². The van der Waals surface area contributed by atoms with Crippen LogP contribution in [-0.4, -0.2) is 16.9 Å². The smallest absolute Gasteiger partial charge is 0.322 e. The molecule has 0 amide bonds. The molecule has 5 nitrogen and oxygen atoms in total. The summed E-state index contributed by atoms with van der Waals surface area (Å²) < 4.78 is 1.19. The summed E-state index contributed by atoms with van der Waals surface area (Å²) in [6.45, 7) is 1.69. The van der Waals surface area contributed by atoms with Crippen LogP contribution in [0.5, 0.6) is 0 Å². The Labute approximate surface area is 107 Å². The molecule has 0 saturated heterocycles. The third kappa shape index (κ3) is 1.60. The Hall–Kier alpha value is -1.82. The van der Waals surface area contributed by atoms with Crippen LogP contribution in [0.2, 0.25) is 0 Å². The molecule has 92 valence electrons. The molecule has 6 heteroatoms. The molecule has 18 heavy (non-hydrogen) atoms. The summed E-state index contributed by atoms with van der Waals surface area (Å²) in [5.74, 6) is -0.000879. The highest BCUT2D eigenvalue weighted by molar-refractivity contribution is 8.00. The minimum absolute atomic E-state index is 0.000879. The van der Waals surface area contributed by atoms with Crippen molar-refractivity contribution >= 4 is 23.2 Å². The first-order valence-electron chi connectivity index (χ1n) is 5.49. The largest absolute Gasteiger partial charge is 0.334 e. The van der Waals surface area contributed by atoms with Gasteiger partial charge in [0.25, 0.3) is 0 Å². The number of carbonyl (C=O) groups is 1. The maximum atomic E-state index is 11.3. The molecule has 3 rings (SSSR count). The molecule has 1 atom stereocenters. The molecule has 1 aliphatic rings. The molecule has 2 heterocycles.